The Balaban J connectivity index is 2.54. The normalized spacial score (nSPS) is 11.1. The molecule has 0 bridgehead atoms. The summed E-state index contributed by atoms with van der Waals surface area (Å²) < 4.78 is 0. The lowest BCUT2D eigenvalue weighted by Gasteiger charge is -2.17. The van der Waals surface area contributed by atoms with Crippen LogP contribution >= 0.6 is 0 Å². The van der Waals surface area contributed by atoms with Crippen molar-refractivity contribution in [1.29, 1.82) is 0 Å². The highest BCUT2D eigenvalue weighted by Gasteiger charge is 2.14. The van der Waals surface area contributed by atoms with Crippen molar-refractivity contribution < 1.29 is 4.79 Å². The van der Waals surface area contributed by atoms with E-state index >= 15 is 0 Å². The Labute approximate surface area is 103 Å². The van der Waals surface area contributed by atoms with Gasteiger partial charge in [-0.25, -0.2) is 4.79 Å². The van der Waals surface area contributed by atoms with E-state index in [-0.39, 0.29) is 11.4 Å². The number of pyridine rings is 1. The van der Waals surface area contributed by atoms with Crippen LogP contribution in [-0.4, -0.2) is 17.6 Å². The van der Waals surface area contributed by atoms with Crippen LogP contribution in [0.15, 0.2) is 18.3 Å². The summed E-state index contributed by atoms with van der Waals surface area (Å²) in [6.07, 6.45) is 1.81. The van der Waals surface area contributed by atoms with Gasteiger partial charge in [-0.2, -0.15) is 0 Å². The van der Waals surface area contributed by atoms with Gasteiger partial charge in [-0.05, 0) is 18.6 Å². The smallest absolute Gasteiger partial charge is 0.315 e. The van der Waals surface area contributed by atoms with Crippen LogP contribution in [0.3, 0.4) is 0 Å². The van der Waals surface area contributed by atoms with Gasteiger partial charge in [0, 0.05) is 30.4 Å². The summed E-state index contributed by atoms with van der Waals surface area (Å²) in [5.74, 6) is 0. The van der Waals surface area contributed by atoms with E-state index in [1.165, 1.54) is 0 Å². The topological polar surface area (TPSA) is 54.0 Å². The molecule has 0 saturated carbocycles. The zero-order valence-electron chi connectivity index (χ0n) is 11.0. The van der Waals surface area contributed by atoms with Crippen LogP contribution in [-0.2, 0) is 12.0 Å². The van der Waals surface area contributed by atoms with E-state index in [1.807, 2.05) is 25.3 Å². The van der Waals surface area contributed by atoms with Crippen molar-refractivity contribution in [2.45, 2.75) is 39.7 Å². The molecule has 2 amide bonds. The van der Waals surface area contributed by atoms with Crippen LogP contribution in [0.2, 0.25) is 0 Å². The summed E-state index contributed by atoms with van der Waals surface area (Å²) in [6, 6.07) is 3.86. The highest BCUT2D eigenvalue weighted by Crippen LogP contribution is 2.19. The molecule has 1 heterocycles. The Morgan fingerprint density at radius 1 is 1.29 bits per heavy atom. The molecule has 1 aromatic heterocycles. The maximum atomic E-state index is 11.2. The lowest BCUT2D eigenvalue weighted by atomic mass is 9.91. The van der Waals surface area contributed by atoms with Gasteiger partial charge in [-0.1, -0.05) is 26.8 Å². The molecule has 1 rings (SSSR count). The van der Waals surface area contributed by atoms with Gasteiger partial charge >= 0.3 is 6.03 Å². The Kier molecular flexibility index (Phi) is 4.49. The number of hydrogen-bond acceptors (Lipinski definition) is 2. The van der Waals surface area contributed by atoms with Gasteiger partial charge in [-0.3, -0.25) is 4.98 Å². The molecule has 1 aromatic rings. The molecule has 0 aliphatic heterocycles. The molecule has 17 heavy (non-hydrogen) atoms. The third-order valence-electron chi connectivity index (χ3n) is 2.38. The van der Waals surface area contributed by atoms with Crippen LogP contribution in [0.25, 0.3) is 0 Å². The second-order valence-corrected chi connectivity index (χ2v) is 5.01. The summed E-state index contributed by atoms with van der Waals surface area (Å²) in [4.78, 5) is 15.6. The number of nitrogens with zero attached hydrogens (tertiary/aromatic N) is 1. The Bertz CT molecular complexity index is 365. The second kappa shape index (κ2) is 5.66. The average Bonchev–Trinajstić information content (AvgIpc) is 2.26. The predicted octanol–water partition coefficient (Wildman–Crippen LogP) is 2.20. The minimum atomic E-state index is -0.146. The molecule has 0 spiro atoms. The number of rotatable bonds is 3. The molecule has 0 fully saturated rings. The quantitative estimate of drug-likeness (QED) is 0.844. The first-order valence-electron chi connectivity index (χ1n) is 5.90. The molecule has 0 radical (unpaired) electrons. The molecular formula is C13H21N3O. The first-order valence-corrected chi connectivity index (χ1v) is 5.90. The molecule has 0 aliphatic rings. The Morgan fingerprint density at radius 3 is 2.47 bits per heavy atom. The largest absolute Gasteiger partial charge is 0.338 e. The Hall–Kier alpha value is -1.58. The number of aromatic nitrogens is 1. The fourth-order valence-corrected chi connectivity index (χ4v) is 1.38. The van der Waals surface area contributed by atoms with E-state index in [0.717, 1.165) is 11.3 Å². The van der Waals surface area contributed by atoms with Crippen LogP contribution in [0, 0.1) is 0 Å². The number of hydrogen-bond donors (Lipinski definition) is 2. The number of carbonyl (C=O) groups is 1. The summed E-state index contributed by atoms with van der Waals surface area (Å²) >= 11 is 0. The lowest BCUT2D eigenvalue weighted by molar-refractivity contribution is 0.241. The van der Waals surface area contributed by atoms with Gasteiger partial charge in [-0.15, -0.1) is 0 Å². The molecule has 4 nitrogen and oxygen atoms in total. The van der Waals surface area contributed by atoms with Crippen molar-refractivity contribution in [3.05, 3.63) is 29.6 Å². The summed E-state index contributed by atoms with van der Waals surface area (Å²) in [6.45, 7) is 9.40. The molecule has 0 aliphatic carbocycles. The molecule has 2 N–H and O–H groups in total. The number of nitrogens with one attached hydrogen (secondary N) is 2. The van der Waals surface area contributed by atoms with E-state index < -0.39 is 0 Å². The first-order chi connectivity index (χ1) is 7.93. The van der Waals surface area contributed by atoms with E-state index in [4.69, 9.17) is 0 Å². The minimum absolute atomic E-state index is 0.0611. The molecule has 0 atom stereocenters. The monoisotopic (exact) mass is 235 g/mol. The maximum absolute atomic E-state index is 11.2. The van der Waals surface area contributed by atoms with Crippen molar-refractivity contribution in [3.63, 3.8) is 0 Å². The zero-order chi connectivity index (χ0) is 12.9. The van der Waals surface area contributed by atoms with E-state index in [0.29, 0.717) is 13.1 Å². The number of amides is 2. The predicted molar refractivity (Wildman–Crippen MR) is 68.8 cm³/mol. The van der Waals surface area contributed by atoms with Crippen molar-refractivity contribution >= 4 is 6.03 Å². The number of urea groups is 1. The van der Waals surface area contributed by atoms with E-state index in [2.05, 4.69) is 36.4 Å². The highest BCUT2D eigenvalue weighted by molar-refractivity contribution is 5.73. The molecular weight excluding hydrogens is 214 g/mol. The van der Waals surface area contributed by atoms with Crippen LogP contribution in [0.1, 0.15) is 39.0 Å². The third-order valence-corrected chi connectivity index (χ3v) is 2.38. The van der Waals surface area contributed by atoms with Gasteiger partial charge in [0.2, 0.25) is 0 Å². The molecule has 0 aromatic carbocycles. The minimum Gasteiger partial charge on any atom is -0.338 e. The standard InChI is InChI=1S/C13H21N3O/c1-5-14-12(17)16-9-10-6-7-11(15-8-10)13(2,3)4/h6-8H,5,9H2,1-4H3,(H2,14,16,17). The van der Waals surface area contributed by atoms with Crippen molar-refractivity contribution in [2.75, 3.05) is 6.54 Å². The fourth-order valence-electron chi connectivity index (χ4n) is 1.38. The molecule has 0 saturated heterocycles. The van der Waals surface area contributed by atoms with E-state index in [9.17, 15) is 4.79 Å². The lowest BCUT2D eigenvalue weighted by Crippen LogP contribution is -2.34. The van der Waals surface area contributed by atoms with Crippen molar-refractivity contribution in [1.82, 2.24) is 15.6 Å². The average molecular weight is 235 g/mol. The zero-order valence-corrected chi connectivity index (χ0v) is 11.0. The van der Waals surface area contributed by atoms with Gasteiger partial charge in [0.1, 0.15) is 0 Å². The van der Waals surface area contributed by atoms with Crippen LogP contribution in [0.4, 0.5) is 4.79 Å². The van der Waals surface area contributed by atoms with Gasteiger partial charge < -0.3 is 10.6 Å². The van der Waals surface area contributed by atoms with Crippen LogP contribution in [0.5, 0.6) is 0 Å². The van der Waals surface area contributed by atoms with E-state index in [1.54, 1.807) is 0 Å². The van der Waals surface area contributed by atoms with Crippen molar-refractivity contribution in [2.24, 2.45) is 0 Å². The summed E-state index contributed by atoms with van der Waals surface area (Å²) in [5, 5.41) is 5.45. The van der Waals surface area contributed by atoms with Crippen molar-refractivity contribution in [3.8, 4) is 0 Å². The SMILES string of the molecule is CCNC(=O)NCc1ccc(C(C)(C)C)nc1. The molecule has 0 unspecified atom stereocenters. The van der Waals surface area contributed by atoms with Crippen LogP contribution < -0.4 is 10.6 Å². The van der Waals surface area contributed by atoms with Gasteiger partial charge in [0.05, 0.1) is 0 Å². The second-order valence-electron chi connectivity index (χ2n) is 5.01. The summed E-state index contributed by atoms with van der Waals surface area (Å²) in [7, 11) is 0. The highest BCUT2D eigenvalue weighted by atomic mass is 16.2. The molecule has 94 valence electrons. The Morgan fingerprint density at radius 2 is 2.00 bits per heavy atom. The molecule has 4 heteroatoms. The third kappa shape index (κ3) is 4.43. The first kappa shape index (κ1) is 13.5. The fraction of sp³-hybridized carbons (Fsp3) is 0.538. The summed E-state index contributed by atoms with van der Waals surface area (Å²) in [5.41, 5.74) is 2.12. The van der Waals surface area contributed by atoms with Gasteiger partial charge in [0.25, 0.3) is 0 Å². The van der Waals surface area contributed by atoms with Gasteiger partial charge in [0.15, 0.2) is 0 Å². The maximum Gasteiger partial charge on any atom is 0.315 e. The number of carbonyl (C=O) groups excluding carboxylic acids is 1.